The van der Waals surface area contributed by atoms with E-state index in [2.05, 4.69) is 5.32 Å². The van der Waals surface area contributed by atoms with Gasteiger partial charge in [0.1, 0.15) is 5.82 Å². The van der Waals surface area contributed by atoms with Gasteiger partial charge in [0, 0.05) is 35.4 Å². The van der Waals surface area contributed by atoms with Crippen LogP contribution < -0.4 is 5.32 Å². The zero-order chi connectivity index (χ0) is 18.1. The molecule has 1 amide bonds. The third kappa shape index (κ3) is 3.14. The number of fused-ring (bicyclic) bond motifs is 1. The number of benzene rings is 2. The number of Topliss-reactive ketones (excluding diaryl/α,β-unsaturated/α-hetero) is 2. The van der Waals surface area contributed by atoms with Crippen molar-refractivity contribution in [3.8, 4) is 0 Å². The summed E-state index contributed by atoms with van der Waals surface area (Å²) in [7, 11) is 0. The zero-order valence-electron chi connectivity index (χ0n) is 12.7. The van der Waals surface area contributed by atoms with E-state index in [-0.39, 0.29) is 16.8 Å². The minimum Gasteiger partial charge on any atom is -0.326 e. The summed E-state index contributed by atoms with van der Waals surface area (Å²) < 4.78 is 12.8. The molecule has 0 saturated carbocycles. The lowest BCUT2D eigenvalue weighted by Crippen LogP contribution is -2.23. The van der Waals surface area contributed by atoms with Crippen LogP contribution in [-0.2, 0) is 4.79 Å². The molecule has 1 aliphatic carbocycles. The molecule has 25 heavy (non-hydrogen) atoms. The number of halogens is 1. The van der Waals surface area contributed by atoms with Crippen molar-refractivity contribution in [1.29, 1.82) is 0 Å². The van der Waals surface area contributed by atoms with Gasteiger partial charge in [-0.2, -0.15) is 0 Å². The van der Waals surface area contributed by atoms with Crippen LogP contribution in [0.3, 0.4) is 0 Å². The summed E-state index contributed by atoms with van der Waals surface area (Å²) in [6, 6.07) is 8.45. The molecule has 0 bridgehead atoms. The van der Waals surface area contributed by atoms with Gasteiger partial charge in [-0.1, -0.05) is 0 Å². The molecule has 1 atom stereocenters. The van der Waals surface area contributed by atoms with E-state index in [1.54, 1.807) is 0 Å². The maximum absolute atomic E-state index is 12.8. The van der Waals surface area contributed by atoms with Crippen LogP contribution in [-0.4, -0.2) is 22.4 Å². The number of carbonyl (C=O) groups is 3. The number of anilines is 1. The molecular formula is C17H11FN2O5. The van der Waals surface area contributed by atoms with E-state index in [4.69, 9.17) is 0 Å². The van der Waals surface area contributed by atoms with Crippen molar-refractivity contribution < 1.29 is 23.7 Å². The second-order valence-corrected chi connectivity index (χ2v) is 5.53. The number of ketones is 2. The smallest absolute Gasteiger partial charge is 0.270 e. The first-order valence-corrected chi connectivity index (χ1v) is 7.29. The predicted octanol–water partition coefficient (Wildman–Crippen LogP) is 2.76. The Morgan fingerprint density at radius 2 is 1.72 bits per heavy atom. The highest BCUT2D eigenvalue weighted by Crippen LogP contribution is 2.31. The average molecular weight is 342 g/mol. The fraction of sp³-hybridized carbons (Fsp3) is 0.118. The number of non-ortho nitro benzene ring substituents is 1. The van der Waals surface area contributed by atoms with E-state index in [0.29, 0.717) is 5.69 Å². The zero-order valence-corrected chi connectivity index (χ0v) is 12.7. The van der Waals surface area contributed by atoms with Gasteiger partial charge in [-0.3, -0.25) is 24.5 Å². The number of nitrogens with one attached hydrogen (secondary N) is 1. The fourth-order valence-corrected chi connectivity index (χ4v) is 2.68. The number of hydrogen-bond donors (Lipinski definition) is 1. The van der Waals surface area contributed by atoms with E-state index in [0.717, 1.165) is 24.3 Å². The van der Waals surface area contributed by atoms with Gasteiger partial charge in [0.15, 0.2) is 11.6 Å². The summed E-state index contributed by atoms with van der Waals surface area (Å²) in [5, 5.41) is 13.3. The Hall–Kier alpha value is -3.42. The second kappa shape index (κ2) is 6.23. The van der Waals surface area contributed by atoms with Crippen molar-refractivity contribution in [2.45, 2.75) is 6.42 Å². The maximum atomic E-state index is 12.8. The van der Waals surface area contributed by atoms with Crippen molar-refractivity contribution in [2.75, 3.05) is 5.32 Å². The lowest BCUT2D eigenvalue weighted by Gasteiger charge is -2.08. The molecule has 1 aliphatic rings. The Balaban J connectivity index is 1.76. The second-order valence-electron chi connectivity index (χ2n) is 5.53. The van der Waals surface area contributed by atoms with Gasteiger partial charge in [-0.05, 0) is 30.3 Å². The van der Waals surface area contributed by atoms with Crippen LogP contribution in [0.2, 0.25) is 0 Å². The third-order valence-electron chi connectivity index (χ3n) is 3.90. The molecule has 0 fully saturated rings. The van der Waals surface area contributed by atoms with Crippen LogP contribution in [0.1, 0.15) is 27.1 Å². The Kier molecular flexibility index (Phi) is 4.10. The lowest BCUT2D eigenvalue weighted by atomic mass is 9.99. The summed E-state index contributed by atoms with van der Waals surface area (Å²) >= 11 is 0. The van der Waals surface area contributed by atoms with E-state index in [1.165, 1.54) is 18.2 Å². The van der Waals surface area contributed by atoms with Gasteiger partial charge < -0.3 is 5.32 Å². The van der Waals surface area contributed by atoms with Crippen LogP contribution in [0.25, 0.3) is 0 Å². The Bertz CT molecular complexity index is 908. The van der Waals surface area contributed by atoms with Crippen molar-refractivity contribution in [3.05, 3.63) is 69.5 Å². The van der Waals surface area contributed by atoms with E-state index >= 15 is 0 Å². The van der Waals surface area contributed by atoms with Crippen LogP contribution in [0.4, 0.5) is 15.8 Å². The molecule has 7 nitrogen and oxygen atoms in total. The molecule has 1 N–H and O–H groups in total. The summed E-state index contributed by atoms with van der Waals surface area (Å²) in [5.74, 6) is -3.41. The normalized spacial score (nSPS) is 15.8. The van der Waals surface area contributed by atoms with Gasteiger partial charge in [0.05, 0.1) is 10.8 Å². The first kappa shape index (κ1) is 16.4. The Morgan fingerprint density at radius 3 is 2.36 bits per heavy atom. The molecule has 0 radical (unpaired) electrons. The molecule has 2 aromatic carbocycles. The summed E-state index contributed by atoms with van der Waals surface area (Å²) in [5.41, 5.74) is 0.0720. The highest BCUT2D eigenvalue weighted by atomic mass is 19.1. The highest BCUT2D eigenvalue weighted by Gasteiger charge is 2.40. The van der Waals surface area contributed by atoms with Crippen LogP contribution in [0.5, 0.6) is 0 Å². The molecule has 0 aromatic heterocycles. The van der Waals surface area contributed by atoms with Crippen LogP contribution in [0, 0.1) is 21.8 Å². The van der Waals surface area contributed by atoms with E-state index in [9.17, 15) is 28.9 Å². The molecular weight excluding hydrogens is 331 g/mol. The number of nitro benzene ring substituents is 1. The maximum Gasteiger partial charge on any atom is 0.270 e. The fourth-order valence-electron chi connectivity index (χ4n) is 2.68. The largest absolute Gasteiger partial charge is 0.326 e. The Labute approximate surface area is 140 Å². The molecule has 3 rings (SSSR count). The first-order valence-electron chi connectivity index (χ1n) is 7.29. The monoisotopic (exact) mass is 342 g/mol. The number of hydrogen-bond acceptors (Lipinski definition) is 5. The van der Waals surface area contributed by atoms with Crippen molar-refractivity contribution in [3.63, 3.8) is 0 Å². The molecule has 0 spiro atoms. The van der Waals surface area contributed by atoms with Crippen molar-refractivity contribution >= 4 is 28.8 Å². The molecule has 2 aromatic rings. The number of carbonyl (C=O) groups excluding carboxylic acids is 3. The van der Waals surface area contributed by atoms with Crippen molar-refractivity contribution in [2.24, 2.45) is 5.92 Å². The van der Waals surface area contributed by atoms with Crippen LogP contribution in [0.15, 0.2) is 42.5 Å². The summed E-state index contributed by atoms with van der Waals surface area (Å²) in [6.07, 6.45) is -0.391. The SMILES string of the molecule is O=C(CC1C(=O)c2ccc([N+](=O)[O-])cc2C1=O)Nc1ccc(F)cc1. The minimum absolute atomic E-state index is 0.0428. The van der Waals surface area contributed by atoms with E-state index in [1.807, 2.05) is 0 Å². The molecule has 0 aliphatic heterocycles. The summed E-state index contributed by atoms with van der Waals surface area (Å²) in [6.45, 7) is 0. The number of nitro groups is 1. The van der Waals surface area contributed by atoms with Gasteiger partial charge >= 0.3 is 0 Å². The number of amides is 1. The first-order chi connectivity index (χ1) is 11.9. The molecule has 1 unspecified atom stereocenters. The quantitative estimate of drug-likeness (QED) is 0.522. The lowest BCUT2D eigenvalue weighted by molar-refractivity contribution is -0.384. The molecule has 0 saturated heterocycles. The van der Waals surface area contributed by atoms with E-state index < -0.39 is 40.6 Å². The summed E-state index contributed by atoms with van der Waals surface area (Å²) in [4.78, 5) is 46.8. The van der Waals surface area contributed by atoms with Gasteiger partial charge in [0.25, 0.3) is 5.69 Å². The highest BCUT2D eigenvalue weighted by molar-refractivity contribution is 6.27. The standard InChI is InChI=1S/C17H11FN2O5/c18-9-1-3-10(4-2-9)19-15(21)8-14-16(22)12-6-5-11(20(24)25)7-13(12)17(14)23/h1-7,14H,8H2,(H,19,21). The van der Waals surface area contributed by atoms with Gasteiger partial charge in [-0.25, -0.2) is 4.39 Å². The number of nitrogens with zero attached hydrogens (tertiary/aromatic N) is 1. The van der Waals surface area contributed by atoms with Gasteiger partial charge in [-0.15, -0.1) is 0 Å². The average Bonchev–Trinajstić information content (AvgIpc) is 2.81. The van der Waals surface area contributed by atoms with Gasteiger partial charge in [0.2, 0.25) is 5.91 Å². The van der Waals surface area contributed by atoms with Crippen molar-refractivity contribution in [1.82, 2.24) is 0 Å². The molecule has 0 heterocycles. The predicted molar refractivity (Wildman–Crippen MR) is 84.9 cm³/mol. The number of rotatable bonds is 4. The molecule has 126 valence electrons. The van der Waals surface area contributed by atoms with Crippen LogP contribution >= 0.6 is 0 Å². The topological polar surface area (TPSA) is 106 Å². The third-order valence-corrected chi connectivity index (χ3v) is 3.90. The Morgan fingerprint density at radius 1 is 1.08 bits per heavy atom. The minimum atomic E-state index is -1.21. The molecule has 8 heteroatoms.